The monoisotopic (exact) mass is 114 g/mol. The molecule has 0 saturated heterocycles. The lowest BCUT2D eigenvalue weighted by Crippen LogP contribution is -2.03. The molecule has 0 spiro atoms. The van der Waals surface area contributed by atoms with Crippen LogP contribution < -0.4 is 0 Å². The van der Waals surface area contributed by atoms with E-state index in [2.05, 4.69) is 20.8 Å². The zero-order valence-electron chi connectivity index (χ0n) is 5.85. The fourth-order valence-electron chi connectivity index (χ4n) is 0.424. The van der Waals surface area contributed by atoms with Gasteiger partial charge in [-0.25, -0.2) is 0 Å². The smallest absolute Gasteiger partial charge is 0.120 e. The van der Waals surface area contributed by atoms with E-state index in [4.69, 9.17) is 0 Å². The molecule has 0 rings (SSSR count). The third kappa shape index (κ3) is 2.78. The first-order chi connectivity index (χ1) is 3.68. The SMILES string of the molecule is CC(C)[C@H](C)CC=O. The lowest BCUT2D eigenvalue weighted by atomic mass is 9.96. The minimum absolute atomic E-state index is 0.549. The van der Waals surface area contributed by atoms with Gasteiger partial charge in [0, 0.05) is 6.42 Å². The second kappa shape index (κ2) is 3.65. The maximum Gasteiger partial charge on any atom is 0.120 e. The highest BCUT2D eigenvalue weighted by molar-refractivity contribution is 5.49. The molecule has 0 amide bonds. The molecule has 0 aromatic carbocycles. The van der Waals surface area contributed by atoms with Crippen LogP contribution in [0.1, 0.15) is 27.2 Å². The zero-order valence-corrected chi connectivity index (χ0v) is 5.85. The van der Waals surface area contributed by atoms with E-state index < -0.39 is 0 Å². The van der Waals surface area contributed by atoms with Gasteiger partial charge in [-0.15, -0.1) is 0 Å². The van der Waals surface area contributed by atoms with Crippen molar-refractivity contribution in [1.29, 1.82) is 0 Å². The number of rotatable bonds is 3. The Morgan fingerprint density at radius 1 is 1.38 bits per heavy atom. The van der Waals surface area contributed by atoms with Gasteiger partial charge < -0.3 is 4.79 Å². The quantitative estimate of drug-likeness (QED) is 0.512. The van der Waals surface area contributed by atoms with Crippen molar-refractivity contribution in [2.24, 2.45) is 11.8 Å². The highest BCUT2D eigenvalue weighted by Gasteiger charge is 2.03. The molecule has 0 radical (unpaired) electrons. The van der Waals surface area contributed by atoms with E-state index in [1.165, 1.54) is 0 Å². The molecule has 0 aliphatic rings. The normalized spacial score (nSPS) is 14.0. The fraction of sp³-hybridized carbons (Fsp3) is 0.857. The van der Waals surface area contributed by atoms with Crippen LogP contribution in [-0.4, -0.2) is 6.29 Å². The molecule has 0 aliphatic heterocycles. The van der Waals surface area contributed by atoms with Crippen molar-refractivity contribution in [3.8, 4) is 0 Å². The molecule has 0 fully saturated rings. The van der Waals surface area contributed by atoms with Crippen molar-refractivity contribution in [2.75, 3.05) is 0 Å². The summed E-state index contributed by atoms with van der Waals surface area (Å²) in [6, 6.07) is 0. The average molecular weight is 114 g/mol. The average Bonchev–Trinajstić information content (AvgIpc) is 1.67. The summed E-state index contributed by atoms with van der Waals surface area (Å²) in [7, 11) is 0. The second-order valence-corrected chi connectivity index (χ2v) is 2.62. The van der Waals surface area contributed by atoms with Crippen LogP contribution in [-0.2, 0) is 4.79 Å². The van der Waals surface area contributed by atoms with Crippen molar-refractivity contribution in [1.82, 2.24) is 0 Å². The fourth-order valence-corrected chi connectivity index (χ4v) is 0.424. The number of aldehydes is 1. The summed E-state index contributed by atoms with van der Waals surface area (Å²) in [5.41, 5.74) is 0. The predicted molar refractivity (Wildman–Crippen MR) is 34.7 cm³/mol. The standard InChI is InChI=1S/C7H14O/c1-6(2)7(3)4-5-8/h5-7H,4H2,1-3H3/t7-/m1/s1. The summed E-state index contributed by atoms with van der Waals surface area (Å²) in [4.78, 5) is 9.92. The maximum atomic E-state index is 9.92. The molecule has 0 aromatic heterocycles. The van der Waals surface area contributed by atoms with E-state index >= 15 is 0 Å². The molecule has 0 unspecified atom stereocenters. The van der Waals surface area contributed by atoms with Gasteiger partial charge in [0.05, 0.1) is 0 Å². The molecular formula is C7H14O. The first-order valence-corrected chi connectivity index (χ1v) is 3.12. The van der Waals surface area contributed by atoms with E-state index in [1.807, 2.05) is 0 Å². The largest absolute Gasteiger partial charge is 0.303 e. The molecule has 1 heteroatoms. The van der Waals surface area contributed by atoms with E-state index in [1.54, 1.807) is 0 Å². The Balaban J connectivity index is 3.30. The van der Waals surface area contributed by atoms with Gasteiger partial charge in [-0.1, -0.05) is 20.8 Å². The van der Waals surface area contributed by atoms with Crippen LogP contribution in [0.15, 0.2) is 0 Å². The maximum absolute atomic E-state index is 9.92. The van der Waals surface area contributed by atoms with Crippen LogP contribution in [0, 0.1) is 11.8 Å². The van der Waals surface area contributed by atoms with Crippen LogP contribution >= 0.6 is 0 Å². The molecule has 8 heavy (non-hydrogen) atoms. The Labute approximate surface area is 51.1 Å². The topological polar surface area (TPSA) is 17.1 Å². The summed E-state index contributed by atoms with van der Waals surface area (Å²) < 4.78 is 0. The molecule has 0 bridgehead atoms. The van der Waals surface area contributed by atoms with Crippen LogP contribution in [0.2, 0.25) is 0 Å². The summed E-state index contributed by atoms with van der Waals surface area (Å²) in [6.07, 6.45) is 1.70. The molecule has 1 atom stereocenters. The van der Waals surface area contributed by atoms with Crippen LogP contribution in [0.5, 0.6) is 0 Å². The minimum atomic E-state index is 0.549. The third-order valence-corrected chi connectivity index (χ3v) is 1.61. The van der Waals surface area contributed by atoms with Crippen molar-refractivity contribution < 1.29 is 4.79 Å². The molecule has 1 nitrogen and oxygen atoms in total. The molecule has 0 N–H and O–H groups in total. The number of carbonyl (C=O) groups is 1. The molecular weight excluding hydrogens is 100 g/mol. The van der Waals surface area contributed by atoms with Gasteiger partial charge in [-0.3, -0.25) is 0 Å². The highest BCUT2D eigenvalue weighted by Crippen LogP contribution is 2.11. The predicted octanol–water partition coefficient (Wildman–Crippen LogP) is 1.87. The second-order valence-electron chi connectivity index (χ2n) is 2.62. The van der Waals surface area contributed by atoms with Crippen molar-refractivity contribution in [2.45, 2.75) is 27.2 Å². The Hall–Kier alpha value is -0.330. The first-order valence-electron chi connectivity index (χ1n) is 3.12. The Morgan fingerprint density at radius 3 is 2.00 bits per heavy atom. The summed E-state index contributed by atoms with van der Waals surface area (Å²) in [5, 5.41) is 0. The lowest BCUT2D eigenvalue weighted by molar-refractivity contribution is -0.108. The summed E-state index contributed by atoms with van der Waals surface area (Å²) >= 11 is 0. The Kier molecular flexibility index (Phi) is 3.49. The number of hydrogen-bond acceptors (Lipinski definition) is 1. The summed E-state index contributed by atoms with van der Waals surface area (Å²) in [6.45, 7) is 6.36. The molecule has 0 aliphatic carbocycles. The van der Waals surface area contributed by atoms with Crippen molar-refractivity contribution in [3.05, 3.63) is 0 Å². The molecule has 0 heterocycles. The number of hydrogen-bond donors (Lipinski definition) is 0. The van der Waals surface area contributed by atoms with Gasteiger partial charge in [0.1, 0.15) is 6.29 Å². The van der Waals surface area contributed by atoms with Gasteiger partial charge in [0.25, 0.3) is 0 Å². The lowest BCUT2D eigenvalue weighted by Gasteiger charge is -2.09. The van der Waals surface area contributed by atoms with Crippen molar-refractivity contribution >= 4 is 6.29 Å². The van der Waals surface area contributed by atoms with E-state index in [-0.39, 0.29) is 0 Å². The number of carbonyl (C=O) groups excluding carboxylic acids is 1. The molecule has 48 valence electrons. The van der Waals surface area contributed by atoms with E-state index in [0.717, 1.165) is 6.29 Å². The molecule has 0 aromatic rings. The zero-order chi connectivity index (χ0) is 6.57. The van der Waals surface area contributed by atoms with Crippen LogP contribution in [0.4, 0.5) is 0 Å². The van der Waals surface area contributed by atoms with Crippen LogP contribution in [0.25, 0.3) is 0 Å². The Bertz CT molecular complexity index is 66.8. The van der Waals surface area contributed by atoms with Crippen molar-refractivity contribution in [3.63, 3.8) is 0 Å². The van der Waals surface area contributed by atoms with Gasteiger partial charge in [0.2, 0.25) is 0 Å². The Morgan fingerprint density at radius 2 is 1.88 bits per heavy atom. The van der Waals surface area contributed by atoms with Gasteiger partial charge in [-0.2, -0.15) is 0 Å². The molecule has 0 saturated carbocycles. The van der Waals surface area contributed by atoms with Gasteiger partial charge >= 0.3 is 0 Å². The first kappa shape index (κ1) is 7.67. The van der Waals surface area contributed by atoms with Crippen LogP contribution in [0.3, 0.4) is 0 Å². The van der Waals surface area contributed by atoms with Gasteiger partial charge in [-0.05, 0) is 11.8 Å². The van der Waals surface area contributed by atoms with E-state index in [9.17, 15) is 4.79 Å². The highest BCUT2D eigenvalue weighted by atomic mass is 16.1. The van der Waals surface area contributed by atoms with Gasteiger partial charge in [0.15, 0.2) is 0 Å². The van der Waals surface area contributed by atoms with E-state index in [0.29, 0.717) is 18.3 Å². The minimum Gasteiger partial charge on any atom is -0.303 e. The summed E-state index contributed by atoms with van der Waals surface area (Å²) in [5.74, 6) is 1.19. The third-order valence-electron chi connectivity index (χ3n) is 1.61.